The minimum Gasteiger partial charge on any atom is -0.462 e. The number of benzene rings is 2. The second kappa shape index (κ2) is 13.5. The molecule has 3 aromatic rings. The summed E-state index contributed by atoms with van der Waals surface area (Å²) in [5, 5.41) is 1.35. The van der Waals surface area contributed by atoms with Crippen molar-refractivity contribution in [3.8, 4) is 5.75 Å². The van der Waals surface area contributed by atoms with Crippen LogP contribution in [0.4, 0.5) is 8.78 Å². The number of hydroxylamine groups is 1. The van der Waals surface area contributed by atoms with Gasteiger partial charge in [-0.15, -0.1) is 4.52 Å². The molecule has 0 bridgehead atoms. The molecule has 0 amide bonds. The number of fused-ring (bicyclic) bond motifs is 1. The smallest absolute Gasteiger partial charge is 0.462 e. The minimum atomic E-state index is -3.31. The zero-order valence-electron chi connectivity index (χ0n) is 25.1. The molecule has 13 nitrogen and oxygen atoms in total. The third-order valence-electron chi connectivity index (χ3n) is 6.83. The zero-order chi connectivity index (χ0) is 33.1. The fourth-order valence-electron chi connectivity index (χ4n) is 4.63. The van der Waals surface area contributed by atoms with Crippen LogP contribution in [0.3, 0.4) is 0 Å². The van der Waals surface area contributed by atoms with Crippen LogP contribution >= 0.6 is 8.18 Å². The summed E-state index contributed by atoms with van der Waals surface area (Å²) in [6.45, 7) is 5.47. The highest BCUT2D eigenvalue weighted by Gasteiger charge is 2.68. The SMILES string of the molecule is CCC(=O)O[C@H]1[C@@](C)(F)[C@H](n2ccc(=O)[nH]c2=O)O[C@]1(F)CO[P+](=O)N(Oc1cccc2ccccc12)C(C)C(=O)OC(C)C. The number of nitrogens with one attached hydrogen (secondary N) is 1. The van der Waals surface area contributed by atoms with Crippen molar-refractivity contribution in [2.75, 3.05) is 6.61 Å². The average Bonchev–Trinajstić information content (AvgIpc) is 3.18. The Balaban J connectivity index is 1.66. The maximum absolute atomic E-state index is 16.6. The van der Waals surface area contributed by atoms with Gasteiger partial charge in [0.15, 0.2) is 30.3 Å². The van der Waals surface area contributed by atoms with E-state index in [9.17, 15) is 23.7 Å². The lowest BCUT2D eigenvalue weighted by molar-refractivity contribution is -0.215. The monoisotopic (exact) mass is 652 g/mol. The molecular formula is C29H33F2N3O10P+. The minimum absolute atomic E-state index is 0.180. The summed E-state index contributed by atoms with van der Waals surface area (Å²) in [6, 6.07) is 11.6. The molecule has 1 N–H and O–H groups in total. The normalized spacial score (nSPS) is 24.1. The number of nitrogens with zero attached hydrogens (tertiary/aromatic N) is 2. The molecule has 4 rings (SSSR count). The molecule has 1 saturated heterocycles. The Bertz CT molecular complexity index is 1690. The number of esters is 2. The number of halogens is 2. The van der Waals surface area contributed by atoms with Crippen molar-refractivity contribution in [1.29, 1.82) is 0 Å². The Kier molecular flexibility index (Phi) is 10.2. The Morgan fingerprint density at radius 2 is 1.80 bits per heavy atom. The van der Waals surface area contributed by atoms with E-state index in [0.29, 0.717) is 14.8 Å². The first-order valence-corrected chi connectivity index (χ1v) is 15.1. The highest BCUT2D eigenvalue weighted by Crippen LogP contribution is 2.50. The van der Waals surface area contributed by atoms with Gasteiger partial charge in [-0.2, -0.15) is 0 Å². The number of rotatable bonds is 12. The highest BCUT2D eigenvalue weighted by molar-refractivity contribution is 7.36. The standard InChI is InChI=1S/C29H32F2N3O10P/c1-6-23(36)42-25-28(5,30)26(33-15-14-22(35)32-27(33)38)43-29(25,31)16-40-45(39)34(18(4)24(37)41-17(2)3)44-21-13-9-11-19-10-7-8-12-20(19)21/h7-15,17-18,25-26H,6,16H2,1-5H3/p+1/t18?,25-,26+,28+,29+/m0/s1. The van der Waals surface area contributed by atoms with Crippen LogP contribution < -0.4 is 16.1 Å². The molecule has 0 saturated carbocycles. The van der Waals surface area contributed by atoms with Crippen LogP contribution in [0.5, 0.6) is 5.75 Å². The summed E-state index contributed by atoms with van der Waals surface area (Å²) in [6.07, 6.45) is -4.28. The fourth-order valence-corrected chi connectivity index (χ4v) is 5.56. The summed E-state index contributed by atoms with van der Waals surface area (Å²) < 4.78 is 68.0. The van der Waals surface area contributed by atoms with Crippen molar-refractivity contribution >= 4 is 30.9 Å². The molecule has 1 aliphatic rings. The van der Waals surface area contributed by atoms with Gasteiger partial charge >= 0.3 is 25.8 Å². The number of hydrogen-bond acceptors (Lipinski definition) is 10. The van der Waals surface area contributed by atoms with Crippen molar-refractivity contribution in [1.82, 2.24) is 14.4 Å². The number of ether oxygens (including phenoxy) is 3. The van der Waals surface area contributed by atoms with E-state index in [1.807, 2.05) is 4.98 Å². The van der Waals surface area contributed by atoms with E-state index in [1.165, 1.54) is 13.8 Å². The number of carbonyl (C=O) groups is 2. The largest absolute Gasteiger partial charge is 0.653 e. The van der Waals surface area contributed by atoms with Gasteiger partial charge < -0.3 is 19.0 Å². The Labute approximate surface area is 256 Å². The summed E-state index contributed by atoms with van der Waals surface area (Å²) in [5.41, 5.74) is -4.82. The predicted molar refractivity (Wildman–Crippen MR) is 156 cm³/mol. The number of aromatic nitrogens is 2. The average molecular weight is 653 g/mol. The summed E-state index contributed by atoms with van der Waals surface area (Å²) in [7, 11) is -3.26. The summed E-state index contributed by atoms with van der Waals surface area (Å²) >= 11 is 0. The van der Waals surface area contributed by atoms with E-state index in [1.54, 1.807) is 56.3 Å². The van der Waals surface area contributed by atoms with Crippen LogP contribution in [0, 0.1) is 0 Å². The van der Waals surface area contributed by atoms with Gasteiger partial charge in [0, 0.05) is 24.1 Å². The first-order chi connectivity index (χ1) is 21.2. The van der Waals surface area contributed by atoms with Gasteiger partial charge in [-0.1, -0.05) is 43.3 Å². The molecule has 2 heterocycles. The van der Waals surface area contributed by atoms with Gasteiger partial charge in [0.2, 0.25) is 6.10 Å². The molecule has 16 heteroatoms. The third kappa shape index (κ3) is 7.28. The molecule has 2 unspecified atom stereocenters. The highest BCUT2D eigenvalue weighted by atomic mass is 31.1. The molecule has 1 aromatic heterocycles. The van der Waals surface area contributed by atoms with E-state index >= 15 is 8.78 Å². The van der Waals surface area contributed by atoms with Crippen LogP contribution in [-0.4, -0.2) is 62.7 Å². The van der Waals surface area contributed by atoms with Crippen molar-refractivity contribution in [2.45, 2.75) is 77.0 Å². The Morgan fingerprint density at radius 1 is 1.11 bits per heavy atom. The van der Waals surface area contributed by atoms with Gasteiger partial charge in [0.1, 0.15) is 4.83 Å². The zero-order valence-corrected chi connectivity index (χ0v) is 26.0. The van der Waals surface area contributed by atoms with E-state index in [-0.39, 0.29) is 12.2 Å². The van der Waals surface area contributed by atoms with Gasteiger partial charge in [0.25, 0.3) is 11.4 Å². The van der Waals surface area contributed by atoms with Gasteiger partial charge in [-0.25, -0.2) is 13.6 Å². The van der Waals surface area contributed by atoms with Crippen molar-refractivity contribution < 1.29 is 46.5 Å². The molecule has 6 atom stereocenters. The molecule has 1 fully saturated rings. The molecule has 1 aliphatic heterocycles. The van der Waals surface area contributed by atoms with E-state index in [2.05, 4.69) is 0 Å². The van der Waals surface area contributed by atoms with Crippen LogP contribution in [0.15, 0.2) is 64.3 Å². The van der Waals surface area contributed by atoms with Crippen LogP contribution in [0.1, 0.15) is 47.3 Å². The molecule has 0 aliphatic carbocycles. The molecule has 2 aromatic carbocycles. The summed E-state index contributed by atoms with van der Waals surface area (Å²) in [5.74, 6) is -4.97. The Hall–Kier alpha value is -4.04. The van der Waals surface area contributed by atoms with Crippen molar-refractivity contribution in [2.24, 2.45) is 0 Å². The summed E-state index contributed by atoms with van der Waals surface area (Å²) in [4.78, 5) is 57.5. The molecule has 0 spiro atoms. The third-order valence-corrected chi connectivity index (χ3v) is 7.93. The number of hydrogen-bond donors (Lipinski definition) is 1. The van der Waals surface area contributed by atoms with Crippen LogP contribution in [0.2, 0.25) is 0 Å². The predicted octanol–water partition coefficient (Wildman–Crippen LogP) is 4.24. The second-order valence-electron chi connectivity index (χ2n) is 10.7. The van der Waals surface area contributed by atoms with Gasteiger partial charge in [-0.3, -0.25) is 23.9 Å². The van der Waals surface area contributed by atoms with E-state index < -0.39 is 74.0 Å². The Morgan fingerprint density at radius 3 is 2.47 bits per heavy atom. The van der Waals surface area contributed by atoms with Crippen LogP contribution in [-0.2, 0) is 32.9 Å². The lowest BCUT2D eigenvalue weighted by Gasteiger charge is -2.28. The number of carbonyl (C=O) groups excluding carboxylic acids is 2. The molecule has 242 valence electrons. The fraction of sp³-hybridized carbons (Fsp3) is 0.448. The molecular weight excluding hydrogens is 619 g/mol. The lowest BCUT2D eigenvalue weighted by atomic mass is 9.97. The molecule has 0 radical (unpaired) electrons. The van der Waals surface area contributed by atoms with Crippen LogP contribution in [0.25, 0.3) is 10.8 Å². The number of H-pyrrole nitrogens is 1. The van der Waals surface area contributed by atoms with Crippen molar-refractivity contribution in [3.05, 3.63) is 75.6 Å². The first-order valence-electron chi connectivity index (χ1n) is 14.0. The second-order valence-corrected chi connectivity index (χ2v) is 11.8. The first kappa shape index (κ1) is 33.8. The topological polar surface area (TPSA) is 155 Å². The lowest BCUT2D eigenvalue weighted by Crippen LogP contribution is -2.50. The number of alkyl halides is 2. The number of aromatic amines is 1. The maximum atomic E-state index is 16.6. The quantitative estimate of drug-likeness (QED) is 0.170. The van der Waals surface area contributed by atoms with E-state index in [4.69, 9.17) is 23.6 Å². The molecule has 45 heavy (non-hydrogen) atoms. The van der Waals surface area contributed by atoms with Gasteiger partial charge in [-0.05, 0) is 43.7 Å². The maximum Gasteiger partial charge on any atom is 0.653 e. The van der Waals surface area contributed by atoms with E-state index in [0.717, 1.165) is 24.6 Å². The van der Waals surface area contributed by atoms with Gasteiger partial charge in [0.05, 0.1) is 6.10 Å². The van der Waals surface area contributed by atoms with Crippen molar-refractivity contribution in [3.63, 3.8) is 0 Å².